The van der Waals surface area contributed by atoms with Crippen molar-refractivity contribution in [2.45, 2.75) is 97.2 Å². The highest BCUT2D eigenvalue weighted by Gasteiger charge is 2.46. The summed E-state index contributed by atoms with van der Waals surface area (Å²) in [5.74, 6) is -2.21. The van der Waals surface area contributed by atoms with Gasteiger partial charge in [0.25, 0.3) is 0 Å². The maximum absolute atomic E-state index is 12.8. The molecule has 1 heterocycles. The lowest BCUT2D eigenvalue weighted by Crippen LogP contribution is -2.56. The minimum atomic E-state index is -1.73. The first-order chi connectivity index (χ1) is 13.2. The summed E-state index contributed by atoms with van der Waals surface area (Å²) in [5, 5.41) is 41.4. The van der Waals surface area contributed by atoms with Gasteiger partial charge in [-0.3, -0.25) is 4.79 Å². The Morgan fingerprint density at radius 3 is 2.17 bits per heavy atom. The molecule has 0 unspecified atom stereocenters. The van der Waals surface area contributed by atoms with E-state index in [0.717, 1.165) is 0 Å². The smallest absolute Gasteiger partial charge is 0.311 e. The average Bonchev–Trinajstić information content (AvgIpc) is 2.62. The Kier molecular flexibility index (Phi) is 8.84. The predicted molar refractivity (Wildman–Crippen MR) is 112 cm³/mol. The third kappa shape index (κ3) is 6.00. The summed E-state index contributed by atoms with van der Waals surface area (Å²) < 4.78 is 11.2. The second-order valence-corrected chi connectivity index (χ2v) is 9.52. The lowest BCUT2D eigenvalue weighted by molar-refractivity contribution is -0.190. The van der Waals surface area contributed by atoms with E-state index in [9.17, 15) is 20.1 Å². The molecule has 7 heteroatoms. The number of aliphatic hydroxyl groups is 3. The van der Waals surface area contributed by atoms with Crippen LogP contribution in [-0.4, -0.2) is 63.6 Å². The summed E-state index contributed by atoms with van der Waals surface area (Å²) in [6.07, 6.45) is -1.64. The molecule has 1 aliphatic rings. The zero-order valence-electron chi connectivity index (χ0n) is 19.2. The highest BCUT2D eigenvalue weighted by atomic mass is 16.6. The second kappa shape index (κ2) is 9.86. The number of carbonyl (C=O) groups is 1. The van der Waals surface area contributed by atoms with Crippen LogP contribution < -0.4 is 0 Å². The SMILES string of the molecule is CC[C@H]1OC(=O)[C@H](C)[C@@H](OC)[C@H](C)C[C@](C)(O)C[C@@H](C)C(=N)[C@H](C)[C@@H](O)[C@]1(C)O. The minimum Gasteiger partial charge on any atom is -0.459 e. The summed E-state index contributed by atoms with van der Waals surface area (Å²) in [4.78, 5) is 12.8. The van der Waals surface area contributed by atoms with Gasteiger partial charge in [0.15, 0.2) is 0 Å². The fourth-order valence-corrected chi connectivity index (χ4v) is 4.90. The largest absolute Gasteiger partial charge is 0.459 e. The van der Waals surface area contributed by atoms with Gasteiger partial charge in [-0.05, 0) is 51.9 Å². The maximum Gasteiger partial charge on any atom is 0.311 e. The maximum atomic E-state index is 12.8. The molecule has 1 aliphatic heterocycles. The first-order valence-electron chi connectivity index (χ1n) is 10.6. The Morgan fingerprint density at radius 1 is 1.14 bits per heavy atom. The summed E-state index contributed by atoms with van der Waals surface area (Å²) in [5.41, 5.74) is -2.55. The van der Waals surface area contributed by atoms with Gasteiger partial charge in [0.05, 0.1) is 23.7 Å². The molecule has 0 aromatic heterocycles. The van der Waals surface area contributed by atoms with Crippen molar-refractivity contribution in [1.29, 1.82) is 5.41 Å². The van der Waals surface area contributed by atoms with Gasteiger partial charge in [-0.25, -0.2) is 0 Å². The molecule has 0 aromatic rings. The van der Waals surface area contributed by atoms with Gasteiger partial charge in [-0.15, -0.1) is 0 Å². The van der Waals surface area contributed by atoms with Crippen LogP contribution in [0, 0.1) is 29.1 Å². The first-order valence-corrected chi connectivity index (χ1v) is 10.6. The number of nitrogens with one attached hydrogen (secondary N) is 1. The standard InChI is InChI=1S/C22H41NO6/c1-9-16-22(7,27)19(24)14(4)17(23)12(2)10-21(6,26)11-13(3)18(28-8)15(5)20(25)29-16/h12-16,18-19,23-24,26-27H,9-11H2,1-8H3/t12-,13-,14+,15-,16-,18+,19-,21-,22-/m1/s1. The summed E-state index contributed by atoms with van der Waals surface area (Å²) >= 11 is 0. The normalized spacial score (nSPS) is 46.1. The highest BCUT2D eigenvalue weighted by molar-refractivity contribution is 5.86. The molecule has 1 fully saturated rings. The molecule has 1 rings (SSSR count). The Hall–Kier alpha value is -1.02. The van der Waals surface area contributed by atoms with E-state index in [1.54, 1.807) is 27.7 Å². The van der Waals surface area contributed by atoms with Crippen LogP contribution >= 0.6 is 0 Å². The molecule has 4 N–H and O–H groups in total. The minimum absolute atomic E-state index is 0.134. The van der Waals surface area contributed by atoms with E-state index in [-0.39, 0.29) is 17.5 Å². The van der Waals surface area contributed by atoms with Gasteiger partial charge < -0.3 is 30.2 Å². The first kappa shape index (κ1) is 26.0. The molecule has 7 nitrogen and oxygen atoms in total. The van der Waals surface area contributed by atoms with Gasteiger partial charge in [0, 0.05) is 18.7 Å². The van der Waals surface area contributed by atoms with Gasteiger partial charge in [-0.1, -0.05) is 27.7 Å². The van der Waals surface area contributed by atoms with Crippen LogP contribution in [0.15, 0.2) is 0 Å². The Morgan fingerprint density at radius 2 is 1.69 bits per heavy atom. The quantitative estimate of drug-likeness (QED) is 0.515. The number of carbonyl (C=O) groups excluding carboxylic acids is 1. The molecule has 0 amide bonds. The zero-order valence-corrected chi connectivity index (χ0v) is 19.2. The van der Waals surface area contributed by atoms with E-state index < -0.39 is 47.3 Å². The number of hydrogen-bond acceptors (Lipinski definition) is 7. The Labute approximate surface area is 175 Å². The van der Waals surface area contributed by atoms with Crippen molar-refractivity contribution < 1.29 is 29.6 Å². The van der Waals surface area contributed by atoms with Crippen LogP contribution in [0.2, 0.25) is 0 Å². The molecular formula is C22H41NO6. The highest BCUT2D eigenvalue weighted by Crippen LogP contribution is 2.34. The van der Waals surface area contributed by atoms with Crippen LogP contribution in [0.3, 0.4) is 0 Å². The fourth-order valence-electron chi connectivity index (χ4n) is 4.90. The van der Waals surface area contributed by atoms with Crippen molar-refractivity contribution >= 4 is 11.7 Å². The third-order valence-corrected chi connectivity index (χ3v) is 6.58. The van der Waals surface area contributed by atoms with Gasteiger partial charge in [-0.2, -0.15) is 0 Å². The number of methoxy groups -OCH3 is 1. The monoisotopic (exact) mass is 415 g/mol. The number of ether oxygens (including phenoxy) is 2. The van der Waals surface area contributed by atoms with E-state index in [4.69, 9.17) is 14.9 Å². The van der Waals surface area contributed by atoms with Crippen LogP contribution in [-0.2, 0) is 14.3 Å². The molecule has 1 saturated heterocycles. The van der Waals surface area contributed by atoms with Crippen molar-refractivity contribution in [2.75, 3.05) is 7.11 Å². The number of rotatable bonds is 2. The molecule has 170 valence electrons. The molecule has 0 bridgehead atoms. The fraction of sp³-hybridized carbons (Fsp3) is 0.909. The van der Waals surface area contributed by atoms with Gasteiger partial charge in [0.1, 0.15) is 11.7 Å². The van der Waals surface area contributed by atoms with Crippen LogP contribution in [0.5, 0.6) is 0 Å². The molecule has 29 heavy (non-hydrogen) atoms. The van der Waals surface area contributed by atoms with E-state index in [0.29, 0.717) is 19.3 Å². The van der Waals surface area contributed by atoms with E-state index in [1.807, 2.05) is 13.8 Å². The number of cyclic esters (lactones) is 1. The third-order valence-electron chi connectivity index (χ3n) is 6.58. The van der Waals surface area contributed by atoms with Crippen molar-refractivity contribution in [2.24, 2.45) is 23.7 Å². The summed E-state index contributed by atoms with van der Waals surface area (Å²) in [6.45, 7) is 12.1. The number of esters is 1. The van der Waals surface area contributed by atoms with Crippen molar-refractivity contribution in [3.63, 3.8) is 0 Å². The van der Waals surface area contributed by atoms with Crippen LogP contribution in [0.4, 0.5) is 0 Å². The number of hydrogen-bond donors (Lipinski definition) is 4. The van der Waals surface area contributed by atoms with Gasteiger partial charge >= 0.3 is 5.97 Å². The van der Waals surface area contributed by atoms with Crippen molar-refractivity contribution in [3.8, 4) is 0 Å². The number of aliphatic hydroxyl groups excluding tert-OH is 1. The molecule has 0 aromatic carbocycles. The van der Waals surface area contributed by atoms with E-state index >= 15 is 0 Å². The van der Waals surface area contributed by atoms with Gasteiger partial charge in [0.2, 0.25) is 0 Å². The molecule has 0 aliphatic carbocycles. The summed E-state index contributed by atoms with van der Waals surface area (Å²) in [7, 11) is 1.53. The molecule has 0 radical (unpaired) electrons. The van der Waals surface area contributed by atoms with Crippen molar-refractivity contribution in [1.82, 2.24) is 0 Å². The average molecular weight is 416 g/mol. The van der Waals surface area contributed by atoms with E-state index in [1.165, 1.54) is 14.0 Å². The Balaban J connectivity index is 3.38. The molecule has 0 spiro atoms. The molecule has 0 saturated carbocycles. The van der Waals surface area contributed by atoms with E-state index in [2.05, 4.69) is 0 Å². The zero-order chi connectivity index (χ0) is 22.7. The van der Waals surface area contributed by atoms with Crippen molar-refractivity contribution in [3.05, 3.63) is 0 Å². The lowest BCUT2D eigenvalue weighted by Gasteiger charge is -2.41. The van der Waals surface area contributed by atoms with Crippen LogP contribution in [0.25, 0.3) is 0 Å². The second-order valence-electron chi connectivity index (χ2n) is 9.52. The topological polar surface area (TPSA) is 120 Å². The molecular weight excluding hydrogens is 374 g/mol. The Bertz CT molecular complexity index is 576. The lowest BCUT2D eigenvalue weighted by atomic mass is 9.75. The summed E-state index contributed by atoms with van der Waals surface area (Å²) in [6, 6.07) is 0. The predicted octanol–water partition coefficient (Wildman–Crippen LogP) is 2.54. The molecule has 9 atom stereocenters. The van der Waals surface area contributed by atoms with Crippen LogP contribution in [0.1, 0.15) is 67.7 Å².